The molecule has 3 atom stereocenters. The molecule has 6 heterocycles. The van der Waals surface area contributed by atoms with E-state index in [4.69, 9.17) is 37.5 Å². The molecular weight excluding hydrogens is 819 g/mol. The number of benzene rings is 1. The largest absolute Gasteiger partial charge is 0.460 e. The van der Waals surface area contributed by atoms with E-state index in [1.54, 1.807) is 45.3 Å². The van der Waals surface area contributed by atoms with E-state index in [1.165, 1.54) is 29.3 Å². The zero-order valence-corrected chi connectivity index (χ0v) is 35.8. The highest BCUT2D eigenvalue weighted by Crippen LogP contribution is 2.43. The minimum atomic E-state index is -0.944. The van der Waals surface area contributed by atoms with Gasteiger partial charge in [0.15, 0.2) is 0 Å². The number of imidazole rings is 1. The van der Waals surface area contributed by atoms with Crippen LogP contribution >= 0.6 is 11.6 Å². The smallest absolute Gasteiger partial charge is 0.306 e. The van der Waals surface area contributed by atoms with Gasteiger partial charge in [-0.05, 0) is 88.3 Å². The Balaban J connectivity index is 0.842. The summed E-state index contributed by atoms with van der Waals surface area (Å²) in [6.07, 6.45) is 10.1. The van der Waals surface area contributed by atoms with E-state index in [2.05, 4.69) is 25.1 Å². The van der Waals surface area contributed by atoms with Gasteiger partial charge in [0.05, 0.1) is 18.8 Å². The molecule has 62 heavy (non-hydrogen) atoms. The van der Waals surface area contributed by atoms with Crippen molar-refractivity contribution < 1.29 is 33.0 Å². The first-order valence-corrected chi connectivity index (χ1v) is 21.1. The number of amides is 3. The Morgan fingerprint density at radius 2 is 1.84 bits per heavy atom. The molecule has 326 valence electrons. The van der Waals surface area contributed by atoms with E-state index in [0.29, 0.717) is 34.4 Å². The first-order chi connectivity index (χ1) is 29.5. The Morgan fingerprint density at radius 1 is 1.08 bits per heavy atom. The van der Waals surface area contributed by atoms with Gasteiger partial charge in [-0.25, -0.2) is 19.3 Å². The van der Waals surface area contributed by atoms with Crippen LogP contribution in [0.15, 0.2) is 72.2 Å². The molecule has 3 fully saturated rings. The van der Waals surface area contributed by atoms with Crippen molar-refractivity contribution in [3.8, 4) is 11.3 Å². The molecule has 18 heteroatoms. The average molecular weight is 869 g/mol. The number of likely N-dealkylation sites (tertiary alicyclic amines) is 2. The molecular formula is C44H50ClFN10O6. The predicted octanol–water partition coefficient (Wildman–Crippen LogP) is 4.78. The number of hydrogen-bond acceptors (Lipinski definition) is 12. The molecule has 1 aliphatic carbocycles. The number of fused-ring (bicyclic) bond motifs is 2. The second-order valence-corrected chi connectivity index (χ2v) is 17.9. The number of esters is 1. The molecule has 1 spiro atoms. The van der Waals surface area contributed by atoms with Gasteiger partial charge in [-0.2, -0.15) is 0 Å². The van der Waals surface area contributed by atoms with E-state index in [9.17, 15) is 19.2 Å². The van der Waals surface area contributed by atoms with Crippen molar-refractivity contribution in [3.63, 3.8) is 0 Å². The van der Waals surface area contributed by atoms with E-state index in [0.717, 1.165) is 57.2 Å². The Bertz CT molecular complexity index is 2500. The Hall–Kier alpha value is -5.91. The summed E-state index contributed by atoms with van der Waals surface area (Å²) in [5, 5.41) is 3.04. The van der Waals surface area contributed by atoms with Gasteiger partial charge in [-0.15, -0.1) is 0 Å². The number of carbonyl (C=O) groups excluding carboxylic acids is 4. The lowest BCUT2D eigenvalue weighted by atomic mass is 9.72. The van der Waals surface area contributed by atoms with E-state index in [1.807, 2.05) is 17.4 Å². The molecule has 3 saturated heterocycles. The zero-order chi connectivity index (χ0) is 44.1. The fourth-order valence-corrected chi connectivity index (χ4v) is 9.13. The number of anilines is 3. The maximum atomic E-state index is 15.8. The van der Waals surface area contributed by atoms with Crippen LogP contribution in [0.4, 0.5) is 22.0 Å². The average Bonchev–Trinajstić information content (AvgIpc) is 3.78. The molecule has 2 unspecified atom stereocenters. The molecule has 0 bridgehead atoms. The number of rotatable bonds is 14. The molecule has 5 N–H and O–H groups in total. The van der Waals surface area contributed by atoms with Crippen LogP contribution in [0, 0.1) is 11.2 Å². The summed E-state index contributed by atoms with van der Waals surface area (Å²) in [7, 11) is 0. The molecule has 3 aromatic heterocycles. The number of nitrogens with one attached hydrogen (secondary N) is 1. The maximum absolute atomic E-state index is 15.8. The van der Waals surface area contributed by atoms with Crippen LogP contribution < -0.4 is 21.7 Å². The highest BCUT2D eigenvalue weighted by atomic mass is 35.5. The number of pyridine rings is 1. The van der Waals surface area contributed by atoms with Crippen LogP contribution in [0.3, 0.4) is 0 Å². The number of nitrogen functional groups attached to an aromatic ring is 1. The van der Waals surface area contributed by atoms with Crippen molar-refractivity contribution in [2.75, 3.05) is 55.3 Å². The van der Waals surface area contributed by atoms with Crippen molar-refractivity contribution in [1.82, 2.24) is 29.2 Å². The summed E-state index contributed by atoms with van der Waals surface area (Å²) in [5.74, 6) is -1.47. The number of ether oxygens (including phenoxy) is 2. The number of primary amides is 1. The molecule has 8 rings (SSSR count). The topological polar surface area (TPSA) is 204 Å². The molecule has 4 aromatic rings. The van der Waals surface area contributed by atoms with Crippen molar-refractivity contribution in [2.45, 2.75) is 77.2 Å². The normalized spacial score (nSPS) is 19.3. The third-order valence-corrected chi connectivity index (χ3v) is 12.3. The number of hydrogen-bond donors (Lipinski definition) is 3. The molecule has 1 aromatic carbocycles. The summed E-state index contributed by atoms with van der Waals surface area (Å²) in [4.78, 5) is 70.2. The number of piperidine rings is 1. The summed E-state index contributed by atoms with van der Waals surface area (Å²) >= 11 is 6.01. The standard InChI is InChI=1S/C44H50ClFN10O6/c1-25(28-7-8-30-36(28)56(41(30)60)32(39(48)58)9-10-34(57)62-43(2,3)4)61-20-19-53-23-44(24-53)12-16-54(17-13-44)42-52-35(37-38(47)50-15-18-55(37)42)29-6-5-26(21-31(29)46)40(59)51-33-22-27(45)11-14-49-33/h5-8,11,14-15,18,21-22,25,32,36H,9-10,12-13,16-17,19-20,23-24H2,1-4H3,(H2,47,50)(H2,48,58)(H,49,51,59)/t25-,32?,36?/m1/s1. The Morgan fingerprint density at radius 3 is 2.53 bits per heavy atom. The first kappa shape index (κ1) is 42.8. The summed E-state index contributed by atoms with van der Waals surface area (Å²) in [6.45, 7) is 11.8. The van der Waals surface area contributed by atoms with Crippen molar-refractivity contribution in [3.05, 3.63) is 88.6 Å². The second kappa shape index (κ2) is 16.8. The number of β-lactam (4-membered cyclic amide) rings is 1. The monoisotopic (exact) mass is 868 g/mol. The number of nitrogens with two attached hydrogens (primary N) is 2. The highest BCUT2D eigenvalue weighted by molar-refractivity contribution is 6.30. The Labute approximate surface area is 363 Å². The van der Waals surface area contributed by atoms with Crippen LogP contribution in [0.1, 0.15) is 63.7 Å². The van der Waals surface area contributed by atoms with Gasteiger partial charge in [0.25, 0.3) is 11.8 Å². The molecule has 3 aliphatic heterocycles. The minimum Gasteiger partial charge on any atom is -0.460 e. The fourth-order valence-electron chi connectivity index (χ4n) is 8.97. The quantitative estimate of drug-likeness (QED) is 0.116. The van der Waals surface area contributed by atoms with Gasteiger partial charge >= 0.3 is 5.97 Å². The Kier molecular flexibility index (Phi) is 11.6. The van der Waals surface area contributed by atoms with Gasteiger partial charge in [0.2, 0.25) is 11.9 Å². The SMILES string of the molecule is C[C@@H](OCCN1CC2(CCN(c3nc(-c4ccc(C(=O)Nc5cc(Cl)ccn5)cc4F)c4c(N)nccn34)CC2)C1)C1=CC=C2C(=O)N(C(CCC(=O)OC(C)(C)C)C(N)=O)C21. The lowest BCUT2D eigenvalue weighted by molar-refractivity contribution is -0.156. The van der Waals surface area contributed by atoms with Crippen LogP contribution in [0.5, 0.6) is 0 Å². The predicted molar refractivity (Wildman–Crippen MR) is 231 cm³/mol. The number of halogens is 2. The lowest BCUT2D eigenvalue weighted by Gasteiger charge is -2.54. The van der Waals surface area contributed by atoms with Crippen LogP contribution in [-0.4, -0.2) is 116 Å². The fraction of sp³-hybridized carbons (Fsp3) is 0.432. The molecule has 3 amide bonds. The van der Waals surface area contributed by atoms with Gasteiger partial charge in [-0.1, -0.05) is 23.8 Å². The maximum Gasteiger partial charge on any atom is 0.306 e. The number of nitrogens with zero attached hydrogens (tertiary/aromatic N) is 7. The lowest BCUT2D eigenvalue weighted by Crippen LogP contribution is -2.63. The number of aromatic nitrogens is 4. The summed E-state index contributed by atoms with van der Waals surface area (Å²) < 4.78 is 29.4. The van der Waals surface area contributed by atoms with Crippen molar-refractivity contribution in [1.29, 1.82) is 0 Å². The van der Waals surface area contributed by atoms with Crippen LogP contribution in [0.2, 0.25) is 5.02 Å². The van der Waals surface area contributed by atoms with Crippen molar-refractivity contribution in [2.24, 2.45) is 11.1 Å². The molecule has 0 saturated carbocycles. The number of allylic oxidation sites excluding steroid dienone is 2. The second-order valence-electron chi connectivity index (χ2n) is 17.5. The van der Waals surface area contributed by atoms with E-state index >= 15 is 4.39 Å². The molecule has 0 radical (unpaired) electrons. The van der Waals surface area contributed by atoms with Gasteiger partial charge in [0.1, 0.15) is 40.3 Å². The third-order valence-electron chi connectivity index (χ3n) is 12.0. The highest BCUT2D eigenvalue weighted by Gasteiger charge is 2.52. The van der Waals surface area contributed by atoms with Crippen LogP contribution in [-0.2, 0) is 23.9 Å². The van der Waals surface area contributed by atoms with Crippen LogP contribution in [0.25, 0.3) is 16.8 Å². The summed E-state index contributed by atoms with van der Waals surface area (Å²) in [5.41, 5.74) is 14.2. The first-order valence-electron chi connectivity index (χ1n) is 20.7. The molecule has 16 nitrogen and oxygen atoms in total. The van der Waals surface area contributed by atoms with E-state index < -0.39 is 41.3 Å². The zero-order valence-electron chi connectivity index (χ0n) is 35.1. The van der Waals surface area contributed by atoms with Crippen molar-refractivity contribution >= 4 is 58.4 Å². The van der Waals surface area contributed by atoms with E-state index in [-0.39, 0.29) is 53.0 Å². The van der Waals surface area contributed by atoms with Gasteiger partial charge in [-0.3, -0.25) is 28.5 Å². The van der Waals surface area contributed by atoms with Gasteiger partial charge in [0, 0.05) is 79.5 Å². The molecule has 4 aliphatic rings. The summed E-state index contributed by atoms with van der Waals surface area (Å²) in [6, 6.07) is 5.93. The third kappa shape index (κ3) is 8.48. The van der Waals surface area contributed by atoms with Gasteiger partial charge < -0.3 is 36.1 Å². The minimum absolute atomic E-state index is 0.0410. The number of carbonyl (C=O) groups is 4.